The highest BCUT2D eigenvalue weighted by molar-refractivity contribution is 7.15. The average molecular weight is 478 g/mol. The molecule has 3 aromatic rings. The largest absolute Gasteiger partial charge is 0.507 e. The number of aryl methyl sites for hydroxylation is 1. The lowest BCUT2D eigenvalue weighted by Gasteiger charge is -2.23. The summed E-state index contributed by atoms with van der Waals surface area (Å²) >= 11 is 1.21. The fourth-order valence-electron chi connectivity index (χ4n) is 4.39. The van der Waals surface area contributed by atoms with E-state index in [2.05, 4.69) is 10.2 Å². The molecule has 1 amide bonds. The van der Waals surface area contributed by atoms with Crippen LogP contribution in [0.5, 0.6) is 11.5 Å². The third kappa shape index (κ3) is 3.71. The molecule has 2 aromatic carbocycles. The molecule has 0 unspecified atom stereocenters. The molecule has 0 saturated carbocycles. The number of amides is 1. The zero-order valence-corrected chi connectivity index (χ0v) is 19.8. The van der Waals surface area contributed by atoms with Gasteiger partial charge >= 0.3 is 5.91 Å². The van der Waals surface area contributed by atoms with Crippen molar-refractivity contribution in [2.45, 2.75) is 39.3 Å². The Morgan fingerprint density at radius 3 is 2.79 bits per heavy atom. The SMILES string of the molecule is CCOc1cccc([C@@H]2/C(=C(\O)c3ccc4c(c3)C[C@H](C)O4)C(=O)C(=O)N2c2nnc(C)s2)c1. The van der Waals surface area contributed by atoms with Gasteiger partial charge < -0.3 is 14.6 Å². The van der Waals surface area contributed by atoms with Gasteiger partial charge in [0.05, 0.1) is 18.2 Å². The van der Waals surface area contributed by atoms with Crippen LogP contribution < -0.4 is 14.4 Å². The third-order valence-electron chi connectivity index (χ3n) is 5.82. The molecule has 1 fully saturated rings. The Hall–Kier alpha value is -3.72. The van der Waals surface area contributed by atoms with Gasteiger partial charge in [0.15, 0.2) is 0 Å². The lowest BCUT2D eigenvalue weighted by Crippen LogP contribution is -2.29. The summed E-state index contributed by atoms with van der Waals surface area (Å²) in [6.45, 7) is 6.09. The number of carbonyl (C=O) groups excluding carboxylic acids is 2. The number of benzene rings is 2. The van der Waals surface area contributed by atoms with Crippen LogP contribution in [-0.2, 0) is 16.0 Å². The molecule has 174 valence electrons. The van der Waals surface area contributed by atoms with Gasteiger partial charge in [0, 0.05) is 12.0 Å². The Morgan fingerprint density at radius 2 is 2.06 bits per heavy atom. The number of hydrogen-bond donors (Lipinski definition) is 1. The number of nitrogens with zero attached hydrogens (tertiary/aromatic N) is 3. The summed E-state index contributed by atoms with van der Waals surface area (Å²) in [5.41, 5.74) is 2.02. The Labute approximate surface area is 200 Å². The molecule has 1 aromatic heterocycles. The number of ether oxygens (including phenoxy) is 2. The summed E-state index contributed by atoms with van der Waals surface area (Å²) in [5.74, 6) is -0.418. The standard InChI is InChI=1S/C25H23N3O5S/c1-4-32-18-7-5-6-15(12-18)21-20(23(30)24(31)28(21)25-27-26-14(3)34-25)22(29)16-8-9-19-17(11-16)10-13(2)33-19/h5-9,11-13,21,29H,4,10H2,1-3H3/b22-20+/t13-,21+/m0/s1. The minimum Gasteiger partial charge on any atom is -0.507 e. The molecule has 2 atom stereocenters. The number of fused-ring (bicyclic) bond motifs is 1. The molecule has 34 heavy (non-hydrogen) atoms. The first kappa shape index (κ1) is 22.1. The van der Waals surface area contributed by atoms with Crippen LogP contribution in [0.3, 0.4) is 0 Å². The van der Waals surface area contributed by atoms with Crippen LogP contribution in [0.15, 0.2) is 48.0 Å². The van der Waals surface area contributed by atoms with Crippen LogP contribution in [-0.4, -0.2) is 39.7 Å². The van der Waals surface area contributed by atoms with Crippen LogP contribution in [0.4, 0.5) is 5.13 Å². The summed E-state index contributed by atoms with van der Waals surface area (Å²) < 4.78 is 11.4. The minimum absolute atomic E-state index is 0.00147. The van der Waals surface area contributed by atoms with Crippen LogP contribution in [0, 0.1) is 6.92 Å². The normalized spacial score (nSPS) is 21.0. The van der Waals surface area contributed by atoms with E-state index in [-0.39, 0.29) is 17.4 Å². The topological polar surface area (TPSA) is 102 Å². The van der Waals surface area contributed by atoms with Crippen LogP contribution >= 0.6 is 11.3 Å². The third-order valence-corrected chi connectivity index (χ3v) is 6.66. The molecule has 0 bridgehead atoms. The van der Waals surface area contributed by atoms with Crippen LogP contribution in [0.2, 0.25) is 0 Å². The van der Waals surface area contributed by atoms with E-state index in [1.54, 1.807) is 43.3 Å². The van der Waals surface area contributed by atoms with Crippen LogP contribution in [0.1, 0.15) is 41.6 Å². The Bertz CT molecular complexity index is 1330. The Kier molecular flexibility index (Phi) is 5.57. The molecule has 0 radical (unpaired) electrons. The molecule has 2 aliphatic heterocycles. The fraction of sp³-hybridized carbons (Fsp3) is 0.280. The smallest absolute Gasteiger partial charge is 0.301 e. The second kappa shape index (κ2) is 8.57. The van der Waals surface area contributed by atoms with Crippen molar-refractivity contribution >= 4 is 33.9 Å². The lowest BCUT2D eigenvalue weighted by atomic mass is 9.94. The van der Waals surface area contributed by atoms with Crippen molar-refractivity contribution in [3.05, 3.63) is 69.7 Å². The van der Waals surface area contributed by atoms with Gasteiger partial charge in [-0.05, 0) is 62.2 Å². The van der Waals surface area contributed by atoms with Crippen LogP contribution in [0.25, 0.3) is 5.76 Å². The summed E-state index contributed by atoms with van der Waals surface area (Å²) in [7, 11) is 0. The number of aliphatic hydroxyl groups excluding tert-OH is 1. The highest BCUT2D eigenvalue weighted by atomic mass is 32.1. The van der Waals surface area contributed by atoms with E-state index in [0.717, 1.165) is 11.3 Å². The van der Waals surface area contributed by atoms with Crippen molar-refractivity contribution < 1.29 is 24.2 Å². The summed E-state index contributed by atoms with van der Waals surface area (Å²) in [6, 6.07) is 11.6. The quantitative estimate of drug-likeness (QED) is 0.334. The monoisotopic (exact) mass is 477 g/mol. The number of Topliss-reactive ketones (excluding diaryl/α,β-unsaturated/α-hetero) is 1. The second-order valence-electron chi connectivity index (χ2n) is 8.23. The number of aliphatic hydroxyl groups is 1. The minimum atomic E-state index is -0.879. The van der Waals surface area contributed by atoms with Crippen molar-refractivity contribution in [2.75, 3.05) is 11.5 Å². The number of aromatic nitrogens is 2. The van der Waals surface area contributed by atoms with Crippen molar-refractivity contribution in [1.29, 1.82) is 0 Å². The first-order valence-corrected chi connectivity index (χ1v) is 11.8. The van der Waals surface area contributed by atoms with Gasteiger partial charge in [0.25, 0.3) is 5.78 Å². The van der Waals surface area contributed by atoms with E-state index in [4.69, 9.17) is 9.47 Å². The zero-order chi connectivity index (χ0) is 24.0. The molecule has 8 nitrogen and oxygen atoms in total. The Balaban J connectivity index is 1.68. The molecular weight excluding hydrogens is 454 g/mol. The van der Waals surface area contributed by atoms with Gasteiger partial charge in [0.1, 0.15) is 28.4 Å². The molecule has 0 spiro atoms. The maximum Gasteiger partial charge on any atom is 0.301 e. The van der Waals surface area contributed by atoms with Gasteiger partial charge in [-0.25, -0.2) is 0 Å². The maximum absolute atomic E-state index is 13.3. The van der Waals surface area contributed by atoms with Gasteiger partial charge in [-0.2, -0.15) is 0 Å². The van der Waals surface area contributed by atoms with E-state index in [0.29, 0.717) is 40.0 Å². The molecule has 2 aliphatic rings. The van der Waals surface area contributed by atoms with E-state index in [9.17, 15) is 14.7 Å². The van der Waals surface area contributed by atoms with E-state index in [1.165, 1.54) is 16.2 Å². The van der Waals surface area contributed by atoms with E-state index in [1.807, 2.05) is 19.9 Å². The van der Waals surface area contributed by atoms with Gasteiger partial charge in [-0.15, -0.1) is 10.2 Å². The number of hydrogen-bond acceptors (Lipinski definition) is 8. The zero-order valence-electron chi connectivity index (χ0n) is 18.9. The first-order chi connectivity index (χ1) is 16.4. The van der Waals surface area contributed by atoms with Crippen molar-refractivity contribution in [1.82, 2.24) is 10.2 Å². The fourth-order valence-corrected chi connectivity index (χ4v) is 5.11. The molecule has 0 aliphatic carbocycles. The maximum atomic E-state index is 13.3. The number of ketones is 1. The summed E-state index contributed by atoms with van der Waals surface area (Å²) in [5, 5.41) is 20.4. The summed E-state index contributed by atoms with van der Waals surface area (Å²) in [4.78, 5) is 27.8. The van der Waals surface area contributed by atoms with Gasteiger partial charge in [-0.3, -0.25) is 14.5 Å². The van der Waals surface area contributed by atoms with Crippen molar-refractivity contribution in [3.8, 4) is 11.5 Å². The highest BCUT2D eigenvalue weighted by Gasteiger charge is 2.48. The van der Waals surface area contributed by atoms with E-state index >= 15 is 0 Å². The molecule has 9 heteroatoms. The molecule has 3 heterocycles. The number of anilines is 1. The molecule has 5 rings (SSSR count). The van der Waals surface area contributed by atoms with Crippen molar-refractivity contribution in [3.63, 3.8) is 0 Å². The second-order valence-corrected chi connectivity index (χ2v) is 9.39. The highest BCUT2D eigenvalue weighted by Crippen LogP contribution is 2.44. The average Bonchev–Trinajstić information content (AvgIpc) is 3.48. The van der Waals surface area contributed by atoms with Crippen molar-refractivity contribution in [2.24, 2.45) is 0 Å². The lowest BCUT2D eigenvalue weighted by molar-refractivity contribution is -0.132. The number of rotatable bonds is 5. The van der Waals surface area contributed by atoms with Gasteiger partial charge in [-0.1, -0.05) is 23.5 Å². The summed E-state index contributed by atoms with van der Waals surface area (Å²) in [6.07, 6.45) is 0.745. The number of carbonyl (C=O) groups is 2. The first-order valence-electron chi connectivity index (χ1n) is 11.0. The predicted molar refractivity (Wildman–Crippen MR) is 127 cm³/mol. The predicted octanol–water partition coefficient (Wildman–Crippen LogP) is 4.19. The molecule has 1 saturated heterocycles. The molecular formula is C25H23N3O5S. The Morgan fingerprint density at radius 1 is 1.24 bits per heavy atom. The van der Waals surface area contributed by atoms with Gasteiger partial charge in [0.2, 0.25) is 5.13 Å². The van der Waals surface area contributed by atoms with E-state index < -0.39 is 17.7 Å². The molecule has 1 N–H and O–H groups in total.